The van der Waals surface area contributed by atoms with Crippen LogP contribution in [-0.4, -0.2) is 18.3 Å². The van der Waals surface area contributed by atoms with Crippen molar-refractivity contribution in [3.05, 3.63) is 23.0 Å². The van der Waals surface area contributed by atoms with E-state index < -0.39 is 24.1 Å². The topological polar surface area (TPSA) is 44.5 Å². The van der Waals surface area contributed by atoms with E-state index in [-0.39, 0.29) is 10.7 Å². The minimum Gasteiger partial charge on any atom is -0.399 e. The zero-order valence-electron chi connectivity index (χ0n) is 10.9. The number of hydrogen-bond acceptors (Lipinski definition) is 3. The Balaban J connectivity index is 2.41. The molecule has 1 aromatic carbocycles. The molecule has 0 amide bonds. The first-order valence-corrected chi connectivity index (χ1v) is 6.12. The molecule has 6 heteroatoms. The summed E-state index contributed by atoms with van der Waals surface area (Å²) in [6.45, 7) is 7.68. The lowest BCUT2D eigenvalue weighted by molar-refractivity contribution is 0.00578. The molecule has 1 fully saturated rings. The van der Waals surface area contributed by atoms with Crippen LogP contribution >= 0.6 is 11.6 Å². The molecule has 0 bridgehead atoms. The summed E-state index contributed by atoms with van der Waals surface area (Å²) >= 11 is 6.08. The zero-order valence-corrected chi connectivity index (χ0v) is 11.6. The van der Waals surface area contributed by atoms with Crippen LogP contribution in [0.1, 0.15) is 27.7 Å². The third-order valence-electron chi connectivity index (χ3n) is 3.60. The molecule has 0 radical (unpaired) electrons. The average molecular weight is 272 g/mol. The average Bonchev–Trinajstić information content (AvgIpc) is 2.42. The normalized spacial score (nSPS) is 21.3. The van der Waals surface area contributed by atoms with Crippen LogP contribution < -0.4 is 11.2 Å². The van der Waals surface area contributed by atoms with Gasteiger partial charge in [0.05, 0.1) is 21.9 Å². The van der Waals surface area contributed by atoms with Gasteiger partial charge in [0.15, 0.2) is 0 Å². The molecule has 0 aromatic heterocycles. The first-order chi connectivity index (χ1) is 8.14. The number of benzene rings is 1. The number of nitrogens with two attached hydrogens (primary N) is 1. The highest BCUT2D eigenvalue weighted by Crippen LogP contribution is 2.37. The Labute approximate surface area is 112 Å². The van der Waals surface area contributed by atoms with Crippen LogP contribution in [0.2, 0.25) is 5.02 Å². The standard InChI is InChI=1S/C12H16BClFNO2/c1-11(2)12(3,4)18-13(17-11)8-5-7(15)6-9(16)10(8)14/h5-6H,16H2,1-4H3. The van der Waals surface area contributed by atoms with Crippen molar-refractivity contribution in [2.24, 2.45) is 0 Å². The van der Waals surface area contributed by atoms with Crippen molar-refractivity contribution in [3.63, 3.8) is 0 Å². The van der Waals surface area contributed by atoms with Crippen molar-refractivity contribution in [2.75, 3.05) is 5.73 Å². The Kier molecular flexibility index (Phi) is 3.12. The predicted octanol–water partition coefficient (Wildman–Crippen LogP) is 2.36. The fourth-order valence-electron chi connectivity index (χ4n) is 1.77. The quantitative estimate of drug-likeness (QED) is 0.630. The Morgan fingerprint density at radius 3 is 2.17 bits per heavy atom. The Morgan fingerprint density at radius 2 is 1.67 bits per heavy atom. The molecular weight excluding hydrogens is 255 g/mol. The highest BCUT2D eigenvalue weighted by molar-refractivity contribution is 6.66. The Morgan fingerprint density at radius 1 is 1.17 bits per heavy atom. The first kappa shape index (κ1) is 13.7. The van der Waals surface area contributed by atoms with Crippen LogP contribution in [0.25, 0.3) is 0 Å². The second-order valence-electron chi connectivity index (χ2n) is 5.49. The van der Waals surface area contributed by atoms with Gasteiger partial charge in [-0.2, -0.15) is 0 Å². The molecule has 2 N–H and O–H groups in total. The Bertz CT molecular complexity index is 477. The maximum Gasteiger partial charge on any atom is 0.496 e. The molecule has 2 rings (SSSR count). The molecule has 1 aliphatic rings. The molecule has 0 spiro atoms. The number of rotatable bonds is 1. The maximum atomic E-state index is 13.4. The highest BCUT2D eigenvalue weighted by atomic mass is 35.5. The molecule has 98 valence electrons. The van der Waals surface area contributed by atoms with Gasteiger partial charge in [0, 0.05) is 5.46 Å². The van der Waals surface area contributed by atoms with Crippen LogP contribution in [0.5, 0.6) is 0 Å². The molecule has 0 unspecified atom stereocenters. The zero-order chi connectivity index (χ0) is 13.7. The van der Waals surface area contributed by atoms with Gasteiger partial charge in [-0.3, -0.25) is 0 Å². The van der Waals surface area contributed by atoms with Gasteiger partial charge in [-0.1, -0.05) is 11.6 Å². The van der Waals surface area contributed by atoms with Gasteiger partial charge >= 0.3 is 7.12 Å². The monoisotopic (exact) mass is 271 g/mol. The number of anilines is 1. The number of nitrogen functional groups attached to an aromatic ring is 1. The molecule has 1 aromatic rings. The van der Waals surface area contributed by atoms with Crippen LogP contribution in [0, 0.1) is 5.82 Å². The molecule has 0 saturated carbocycles. The third-order valence-corrected chi connectivity index (χ3v) is 4.04. The van der Waals surface area contributed by atoms with E-state index in [4.69, 9.17) is 26.6 Å². The van der Waals surface area contributed by atoms with Gasteiger partial charge in [0.1, 0.15) is 5.82 Å². The van der Waals surface area contributed by atoms with E-state index in [1.165, 1.54) is 12.1 Å². The van der Waals surface area contributed by atoms with E-state index in [1.54, 1.807) is 0 Å². The summed E-state index contributed by atoms with van der Waals surface area (Å²) in [5.74, 6) is -0.457. The molecular formula is C12H16BClFNO2. The minimum atomic E-state index is -0.708. The smallest absolute Gasteiger partial charge is 0.399 e. The summed E-state index contributed by atoms with van der Waals surface area (Å²) in [7, 11) is -0.708. The molecule has 1 saturated heterocycles. The molecule has 18 heavy (non-hydrogen) atoms. The molecule has 1 aliphatic heterocycles. The summed E-state index contributed by atoms with van der Waals surface area (Å²) < 4.78 is 25.0. The lowest BCUT2D eigenvalue weighted by Gasteiger charge is -2.32. The number of halogens is 2. The van der Waals surface area contributed by atoms with E-state index >= 15 is 0 Å². The molecule has 0 aliphatic carbocycles. The van der Waals surface area contributed by atoms with Crippen LogP contribution in [0.15, 0.2) is 12.1 Å². The molecule has 1 heterocycles. The van der Waals surface area contributed by atoms with Gasteiger partial charge in [-0.25, -0.2) is 4.39 Å². The summed E-state index contributed by atoms with van der Waals surface area (Å²) in [5.41, 5.74) is 5.25. The largest absolute Gasteiger partial charge is 0.496 e. The van der Waals surface area contributed by atoms with Crippen molar-refractivity contribution < 1.29 is 13.7 Å². The fourth-order valence-corrected chi connectivity index (χ4v) is 1.97. The van der Waals surface area contributed by atoms with Gasteiger partial charge in [-0.05, 0) is 39.8 Å². The minimum absolute atomic E-state index is 0.182. The van der Waals surface area contributed by atoms with Crippen molar-refractivity contribution in [2.45, 2.75) is 38.9 Å². The second kappa shape index (κ2) is 4.12. The summed E-state index contributed by atoms with van der Waals surface area (Å²) in [5, 5.41) is 0.273. The summed E-state index contributed by atoms with van der Waals surface area (Å²) in [6.07, 6.45) is 0. The van der Waals surface area contributed by atoms with Crippen LogP contribution in [0.4, 0.5) is 10.1 Å². The van der Waals surface area contributed by atoms with Crippen molar-refractivity contribution in [3.8, 4) is 0 Å². The van der Waals surface area contributed by atoms with E-state index in [9.17, 15) is 4.39 Å². The molecule has 3 nitrogen and oxygen atoms in total. The van der Waals surface area contributed by atoms with Crippen LogP contribution in [-0.2, 0) is 9.31 Å². The van der Waals surface area contributed by atoms with E-state index in [1.807, 2.05) is 27.7 Å². The van der Waals surface area contributed by atoms with Gasteiger partial charge < -0.3 is 15.0 Å². The van der Waals surface area contributed by atoms with E-state index in [0.29, 0.717) is 5.46 Å². The number of hydrogen-bond donors (Lipinski definition) is 1. The van der Waals surface area contributed by atoms with Gasteiger partial charge in [0.25, 0.3) is 0 Å². The lowest BCUT2D eigenvalue weighted by atomic mass is 9.78. The maximum absolute atomic E-state index is 13.4. The van der Waals surface area contributed by atoms with Crippen molar-refractivity contribution in [1.82, 2.24) is 0 Å². The summed E-state index contributed by atoms with van der Waals surface area (Å²) in [6, 6.07) is 2.47. The van der Waals surface area contributed by atoms with Gasteiger partial charge in [0.2, 0.25) is 0 Å². The van der Waals surface area contributed by atoms with Crippen molar-refractivity contribution >= 4 is 29.9 Å². The third kappa shape index (κ3) is 2.11. The van der Waals surface area contributed by atoms with E-state index in [2.05, 4.69) is 0 Å². The van der Waals surface area contributed by atoms with Crippen molar-refractivity contribution in [1.29, 1.82) is 0 Å². The summed E-state index contributed by atoms with van der Waals surface area (Å²) in [4.78, 5) is 0. The second-order valence-corrected chi connectivity index (χ2v) is 5.86. The lowest BCUT2D eigenvalue weighted by Crippen LogP contribution is -2.41. The predicted molar refractivity (Wildman–Crippen MR) is 71.5 cm³/mol. The highest BCUT2D eigenvalue weighted by Gasteiger charge is 2.52. The molecule has 0 atom stereocenters. The van der Waals surface area contributed by atoms with Crippen LogP contribution in [0.3, 0.4) is 0 Å². The fraction of sp³-hybridized carbons (Fsp3) is 0.500. The van der Waals surface area contributed by atoms with E-state index in [0.717, 1.165) is 0 Å². The first-order valence-electron chi connectivity index (χ1n) is 5.74. The SMILES string of the molecule is CC1(C)OB(c2cc(F)cc(N)c2Cl)OC1(C)C. The van der Waals surface area contributed by atoms with Gasteiger partial charge in [-0.15, -0.1) is 0 Å². The Hall–Kier alpha value is -0.775.